The predicted octanol–water partition coefficient (Wildman–Crippen LogP) is 0.979. The van der Waals surface area contributed by atoms with Gasteiger partial charge in [-0.3, -0.25) is 9.59 Å². The van der Waals surface area contributed by atoms with Gasteiger partial charge >= 0.3 is 0 Å². The number of carbonyl (C=O) groups excluding carboxylic acids is 2. The van der Waals surface area contributed by atoms with E-state index in [1.807, 2.05) is 39.2 Å². The monoisotopic (exact) mass is 289 g/mol. The minimum atomic E-state index is -0.955. The Balaban J connectivity index is 2.05. The summed E-state index contributed by atoms with van der Waals surface area (Å²) in [7, 11) is 3.94. The van der Waals surface area contributed by atoms with Crippen LogP contribution in [0.25, 0.3) is 0 Å². The minimum absolute atomic E-state index is 0.0672. The van der Waals surface area contributed by atoms with E-state index in [2.05, 4.69) is 16.3 Å². The molecule has 1 aromatic carbocycles. The maximum Gasteiger partial charge on any atom is 0.235 e. The normalized spacial score (nSPS) is 17.3. The van der Waals surface area contributed by atoms with Gasteiger partial charge in [-0.1, -0.05) is 29.8 Å². The molecule has 1 aliphatic rings. The van der Waals surface area contributed by atoms with Gasteiger partial charge in [-0.25, -0.2) is 0 Å². The van der Waals surface area contributed by atoms with E-state index in [0.717, 1.165) is 5.56 Å². The number of rotatable bonds is 6. The Bertz CT molecular complexity index is 550. The van der Waals surface area contributed by atoms with Gasteiger partial charge in [-0.15, -0.1) is 0 Å². The van der Waals surface area contributed by atoms with Crippen molar-refractivity contribution < 1.29 is 9.59 Å². The molecule has 114 valence electrons. The first kappa shape index (κ1) is 15.5. The number of benzene rings is 1. The lowest BCUT2D eigenvalue weighted by Crippen LogP contribution is -2.43. The van der Waals surface area contributed by atoms with Crippen molar-refractivity contribution in [3.8, 4) is 0 Å². The third-order valence-corrected chi connectivity index (χ3v) is 4.16. The van der Waals surface area contributed by atoms with E-state index in [-0.39, 0.29) is 11.9 Å². The second-order valence-electron chi connectivity index (χ2n) is 6.05. The quantitative estimate of drug-likeness (QED) is 0.767. The molecule has 0 aliphatic heterocycles. The second-order valence-corrected chi connectivity index (χ2v) is 6.05. The van der Waals surface area contributed by atoms with Crippen LogP contribution in [0, 0.1) is 12.3 Å². The number of hydrogen-bond donors (Lipinski definition) is 2. The van der Waals surface area contributed by atoms with Crippen LogP contribution in [0.3, 0.4) is 0 Å². The van der Waals surface area contributed by atoms with Gasteiger partial charge in [0.1, 0.15) is 5.41 Å². The van der Waals surface area contributed by atoms with Crippen LogP contribution in [0.2, 0.25) is 0 Å². The molecule has 1 aliphatic carbocycles. The molecule has 1 fully saturated rings. The molecule has 0 heterocycles. The van der Waals surface area contributed by atoms with E-state index in [4.69, 9.17) is 5.73 Å². The standard InChI is InChI=1S/C16H23N3O2/c1-11-5-4-6-12(9-11)13(19(2)3)10-18-15(21)16(7-8-16)14(17)20/h4-6,9,13H,7-8,10H2,1-3H3,(H2,17,20)(H,18,21)/t13-/m0/s1. The average Bonchev–Trinajstić information content (AvgIpc) is 3.19. The minimum Gasteiger partial charge on any atom is -0.369 e. The van der Waals surface area contributed by atoms with Crippen molar-refractivity contribution in [1.29, 1.82) is 0 Å². The third kappa shape index (κ3) is 3.24. The zero-order valence-corrected chi connectivity index (χ0v) is 12.8. The molecule has 5 heteroatoms. The van der Waals surface area contributed by atoms with Crippen molar-refractivity contribution in [2.24, 2.45) is 11.1 Å². The lowest BCUT2D eigenvalue weighted by molar-refractivity contribution is -0.135. The van der Waals surface area contributed by atoms with Gasteiger partial charge in [0.25, 0.3) is 0 Å². The van der Waals surface area contributed by atoms with E-state index in [1.54, 1.807) is 0 Å². The Morgan fingerprint density at radius 1 is 1.38 bits per heavy atom. The predicted molar refractivity (Wildman–Crippen MR) is 81.5 cm³/mol. The third-order valence-electron chi connectivity index (χ3n) is 4.16. The molecule has 3 N–H and O–H groups in total. The largest absolute Gasteiger partial charge is 0.369 e. The summed E-state index contributed by atoms with van der Waals surface area (Å²) in [5.74, 6) is -0.758. The maximum atomic E-state index is 12.2. The average molecular weight is 289 g/mol. The maximum absolute atomic E-state index is 12.2. The zero-order valence-electron chi connectivity index (χ0n) is 12.8. The van der Waals surface area contributed by atoms with Crippen molar-refractivity contribution >= 4 is 11.8 Å². The van der Waals surface area contributed by atoms with Gasteiger partial charge in [0.05, 0.1) is 6.04 Å². The SMILES string of the molecule is Cc1cccc([C@H](CNC(=O)C2(C(N)=O)CC2)N(C)C)c1. The summed E-state index contributed by atoms with van der Waals surface area (Å²) in [5, 5.41) is 2.88. The molecular formula is C16H23N3O2. The van der Waals surface area contributed by atoms with Gasteiger partial charge < -0.3 is 16.0 Å². The Hall–Kier alpha value is -1.88. The molecule has 2 amide bonds. The number of primary amides is 1. The van der Waals surface area contributed by atoms with Crippen LogP contribution in [-0.2, 0) is 9.59 Å². The highest BCUT2D eigenvalue weighted by Gasteiger charge is 2.55. The van der Waals surface area contributed by atoms with E-state index in [9.17, 15) is 9.59 Å². The van der Waals surface area contributed by atoms with E-state index in [0.29, 0.717) is 19.4 Å². The van der Waals surface area contributed by atoms with Crippen molar-refractivity contribution in [2.45, 2.75) is 25.8 Å². The molecule has 21 heavy (non-hydrogen) atoms. The molecular weight excluding hydrogens is 266 g/mol. The van der Waals surface area contributed by atoms with Crippen LogP contribution in [-0.4, -0.2) is 37.4 Å². The molecule has 0 spiro atoms. The van der Waals surface area contributed by atoms with Crippen molar-refractivity contribution in [1.82, 2.24) is 10.2 Å². The van der Waals surface area contributed by atoms with Gasteiger partial charge in [0.15, 0.2) is 0 Å². The summed E-state index contributed by atoms with van der Waals surface area (Å²) in [6.45, 7) is 2.51. The summed E-state index contributed by atoms with van der Waals surface area (Å²) in [4.78, 5) is 25.6. The highest BCUT2D eigenvalue weighted by atomic mass is 16.2. The summed E-state index contributed by atoms with van der Waals surface area (Å²) in [6, 6.07) is 8.27. The first-order valence-corrected chi connectivity index (χ1v) is 7.18. The van der Waals surface area contributed by atoms with Gasteiger partial charge in [0, 0.05) is 6.54 Å². The molecule has 2 rings (SSSR count). The molecule has 5 nitrogen and oxygen atoms in total. The molecule has 0 saturated heterocycles. The molecule has 1 saturated carbocycles. The number of nitrogens with two attached hydrogens (primary N) is 1. The molecule has 0 radical (unpaired) electrons. The topological polar surface area (TPSA) is 75.4 Å². The van der Waals surface area contributed by atoms with E-state index in [1.165, 1.54) is 5.56 Å². The van der Waals surface area contributed by atoms with Crippen molar-refractivity contribution in [3.63, 3.8) is 0 Å². The van der Waals surface area contributed by atoms with Crippen LogP contribution < -0.4 is 11.1 Å². The summed E-state index contributed by atoms with van der Waals surface area (Å²) >= 11 is 0. The highest BCUT2D eigenvalue weighted by Crippen LogP contribution is 2.45. The van der Waals surface area contributed by atoms with E-state index >= 15 is 0 Å². The Morgan fingerprint density at radius 2 is 2.05 bits per heavy atom. The summed E-state index contributed by atoms with van der Waals surface area (Å²) < 4.78 is 0. The smallest absolute Gasteiger partial charge is 0.235 e. The highest BCUT2D eigenvalue weighted by molar-refractivity contribution is 6.07. The number of amides is 2. The van der Waals surface area contributed by atoms with Gasteiger partial charge in [-0.05, 0) is 39.4 Å². The van der Waals surface area contributed by atoms with Crippen LogP contribution in [0.1, 0.15) is 30.0 Å². The second kappa shape index (κ2) is 5.85. The van der Waals surface area contributed by atoms with Crippen LogP contribution in [0.4, 0.5) is 0 Å². The van der Waals surface area contributed by atoms with Crippen LogP contribution in [0.15, 0.2) is 24.3 Å². The number of nitrogens with zero attached hydrogens (tertiary/aromatic N) is 1. The summed E-state index contributed by atoms with van der Waals surface area (Å²) in [5.41, 5.74) is 6.69. The Labute approximate surface area is 125 Å². The van der Waals surface area contributed by atoms with E-state index < -0.39 is 11.3 Å². The van der Waals surface area contributed by atoms with Crippen molar-refractivity contribution in [3.05, 3.63) is 35.4 Å². The van der Waals surface area contributed by atoms with Gasteiger partial charge in [0.2, 0.25) is 11.8 Å². The Morgan fingerprint density at radius 3 is 2.52 bits per heavy atom. The molecule has 1 aromatic rings. The van der Waals surface area contributed by atoms with Crippen LogP contribution in [0.5, 0.6) is 0 Å². The fourth-order valence-electron chi connectivity index (χ4n) is 2.54. The molecule has 1 atom stereocenters. The number of hydrogen-bond acceptors (Lipinski definition) is 3. The number of carbonyl (C=O) groups is 2. The van der Waals surface area contributed by atoms with Crippen molar-refractivity contribution in [2.75, 3.05) is 20.6 Å². The fraction of sp³-hybridized carbons (Fsp3) is 0.500. The lowest BCUT2D eigenvalue weighted by Gasteiger charge is -2.26. The molecule has 0 bridgehead atoms. The number of likely N-dealkylation sites (N-methyl/N-ethyl adjacent to an activating group) is 1. The number of nitrogens with one attached hydrogen (secondary N) is 1. The molecule has 0 unspecified atom stereocenters. The molecule has 0 aromatic heterocycles. The number of aryl methyl sites for hydroxylation is 1. The lowest BCUT2D eigenvalue weighted by atomic mass is 10.0. The Kier molecular flexibility index (Phi) is 4.32. The van der Waals surface area contributed by atoms with Gasteiger partial charge in [-0.2, -0.15) is 0 Å². The summed E-state index contributed by atoms with van der Waals surface area (Å²) in [6.07, 6.45) is 1.12. The fourth-order valence-corrected chi connectivity index (χ4v) is 2.54. The first-order chi connectivity index (χ1) is 9.86. The van der Waals surface area contributed by atoms with Crippen LogP contribution >= 0.6 is 0 Å². The first-order valence-electron chi connectivity index (χ1n) is 7.18. The zero-order chi connectivity index (χ0) is 15.6.